The van der Waals surface area contributed by atoms with Crippen molar-refractivity contribution in [2.75, 3.05) is 11.1 Å². The Balaban J connectivity index is 1.32. The van der Waals surface area contributed by atoms with Crippen LogP contribution in [0.5, 0.6) is 5.75 Å². The third-order valence-corrected chi connectivity index (χ3v) is 9.27. The maximum Gasteiger partial charge on any atom is 0.294 e. The summed E-state index contributed by atoms with van der Waals surface area (Å²) in [7, 11) is -9.17. The van der Waals surface area contributed by atoms with E-state index in [1.807, 2.05) is 0 Å². The number of benzene rings is 6. The first kappa shape index (κ1) is 33.8. The standard InChI is InChI=1S/C34H26N6O8S2/c1-19-14-23(36-34(42)20-2-4-22(35)5-3-20)7-11-30(19)38-40-31-12-13-32(29-17-25(49(43,44)45)8-10-28(29)31)39-37-24-6-9-27-21(15-24)16-26(18-33(27)41)50(46,47)48/h2-18,41H,35H2,1H3,(H,36,42)(H,43,44,45)(H,46,47,48). The topological polar surface area (TPSA) is 234 Å². The fourth-order valence-corrected chi connectivity index (χ4v) is 6.10. The summed E-state index contributed by atoms with van der Waals surface area (Å²) in [6.07, 6.45) is 0. The summed E-state index contributed by atoms with van der Waals surface area (Å²) in [5.74, 6) is -0.669. The summed E-state index contributed by atoms with van der Waals surface area (Å²) in [6.45, 7) is 1.80. The molecule has 0 unspecified atom stereocenters. The smallest absolute Gasteiger partial charge is 0.294 e. The monoisotopic (exact) mass is 710 g/mol. The lowest BCUT2D eigenvalue weighted by Crippen LogP contribution is -2.11. The molecule has 0 atom stereocenters. The number of fused-ring (bicyclic) bond motifs is 2. The Kier molecular flexibility index (Phi) is 8.85. The van der Waals surface area contributed by atoms with Crippen molar-refractivity contribution >= 4 is 81.8 Å². The van der Waals surface area contributed by atoms with Gasteiger partial charge in [0.05, 0.1) is 32.5 Å². The van der Waals surface area contributed by atoms with Gasteiger partial charge in [-0.15, -0.1) is 10.2 Å². The van der Waals surface area contributed by atoms with E-state index in [1.165, 1.54) is 48.5 Å². The number of nitrogens with one attached hydrogen (secondary N) is 1. The first-order valence-corrected chi connectivity index (χ1v) is 17.4. The molecular formula is C34H26N6O8S2. The molecule has 6 rings (SSSR count). The van der Waals surface area contributed by atoms with Crippen LogP contribution in [0.3, 0.4) is 0 Å². The Hall–Kier alpha value is -6.07. The van der Waals surface area contributed by atoms with Gasteiger partial charge < -0.3 is 16.2 Å². The number of aromatic hydroxyl groups is 1. The molecule has 16 heteroatoms. The molecule has 50 heavy (non-hydrogen) atoms. The van der Waals surface area contributed by atoms with E-state index in [0.29, 0.717) is 44.6 Å². The van der Waals surface area contributed by atoms with E-state index in [4.69, 9.17) is 5.73 Å². The molecule has 6 aromatic carbocycles. The summed E-state index contributed by atoms with van der Waals surface area (Å²) >= 11 is 0. The fourth-order valence-electron chi connectivity index (χ4n) is 5.05. The lowest BCUT2D eigenvalue weighted by Gasteiger charge is -2.09. The number of azo groups is 2. The number of anilines is 2. The highest BCUT2D eigenvalue weighted by molar-refractivity contribution is 7.86. The van der Waals surface area contributed by atoms with Gasteiger partial charge in [-0.2, -0.15) is 27.1 Å². The first-order chi connectivity index (χ1) is 23.7. The molecule has 1 amide bonds. The normalized spacial score (nSPS) is 12.3. The Labute approximate surface area is 285 Å². The molecule has 6 aromatic rings. The number of amides is 1. The lowest BCUT2D eigenvalue weighted by molar-refractivity contribution is 0.102. The predicted molar refractivity (Wildman–Crippen MR) is 188 cm³/mol. The molecule has 0 aliphatic heterocycles. The minimum Gasteiger partial charge on any atom is -0.507 e. The number of carbonyl (C=O) groups is 1. The van der Waals surface area contributed by atoms with Crippen LogP contribution in [0.4, 0.5) is 34.1 Å². The molecule has 0 aliphatic carbocycles. The third-order valence-electron chi connectivity index (χ3n) is 7.59. The number of nitrogens with two attached hydrogens (primary N) is 1. The summed E-state index contributed by atoms with van der Waals surface area (Å²) in [5.41, 5.74) is 9.24. The van der Waals surface area contributed by atoms with Crippen LogP contribution in [0.25, 0.3) is 21.5 Å². The van der Waals surface area contributed by atoms with Gasteiger partial charge in [0.15, 0.2) is 0 Å². The molecule has 6 N–H and O–H groups in total. The van der Waals surface area contributed by atoms with Crippen LogP contribution in [-0.2, 0) is 20.2 Å². The van der Waals surface area contributed by atoms with E-state index < -0.39 is 25.1 Å². The largest absolute Gasteiger partial charge is 0.507 e. The van der Waals surface area contributed by atoms with Crippen LogP contribution >= 0.6 is 0 Å². The number of nitrogen functional groups attached to an aromatic ring is 1. The molecule has 0 bridgehead atoms. The summed E-state index contributed by atoms with van der Waals surface area (Å²) in [4.78, 5) is 11.7. The zero-order chi connectivity index (χ0) is 35.8. The number of carbonyl (C=O) groups excluding carboxylic acids is 1. The third kappa shape index (κ3) is 7.32. The second kappa shape index (κ2) is 13.1. The van der Waals surface area contributed by atoms with Crippen molar-refractivity contribution in [3.8, 4) is 5.75 Å². The van der Waals surface area contributed by atoms with Gasteiger partial charge in [-0.25, -0.2) is 0 Å². The molecule has 0 saturated carbocycles. The quantitative estimate of drug-likeness (QED) is 0.0581. The Bertz CT molecular complexity index is 2630. The second-order valence-corrected chi connectivity index (χ2v) is 13.9. The van der Waals surface area contributed by atoms with E-state index in [2.05, 4.69) is 25.8 Å². The van der Waals surface area contributed by atoms with Gasteiger partial charge in [0, 0.05) is 39.2 Å². The number of phenolic OH excluding ortho intramolecular Hbond substituents is 1. The number of aryl methyl sites for hydroxylation is 1. The highest BCUT2D eigenvalue weighted by atomic mass is 32.2. The molecule has 0 aromatic heterocycles. The molecular weight excluding hydrogens is 685 g/mol. The number of rotatable bonds is 8. The van der Waals surface area contributed by atoms with Crippen LogP contribution in [0.1, 0.15) is 15.9 Å². The SMILES string of the molecule is Cc1cc(NC(=O)c2ccc(N)cc2)ccc1N=Nc1ccc(N=Nc2ccc3c(O)cc(S(=O)(=O)O)cc3c2)c2cc(S(=O)(=O)O)ccc12. The minimum absolute atomic E-state index is 0.205. The van der Waals surface area contributed by atoms with E-state index in [-0.39, 0.29) is 38.7 Å². The van der Waals surface area contributed by atoms with Gasteiger partial charge in [0.1, 0.15) is 5.75 Å². The van der Waals surface area contributed by atoms with Gasteiger partial charge in [-0.3, -0.25) is 13.9 Å². The summed E-state index contributed by atoms with van der Waals surface area (Å²) in [6, 6.07) is 25.2. The number of nitrogens with zero attached hydrogens (tertiary/aromatic N) is 4. The molecule has 252 valence electrons. The fraction of sp³-hybridized carbons (Fsp3) is 0.0294. The van der Waals surface area contributed by atoms with Gasteiger partial charge in [0.2, 0.25) is 0 Å². The Morgan fingerprint density at radius 1 is 0.640 bits per heavy atom. The predicted octanol–water partition coefficient (Wildman–Crippen LogP) is 8.17. The van der Waals surface area contributed by atoms with Gasteiger partial charge in [0.25, 0.3) is 26.1 Å². The maximum absolute atomic E-state index is 12.6. The molecule has 0 aliphatic rings. The maximum atomic E-state index is 12.6. The van der Waals surface area contributed by atoms with E-state index in [1.54, 1.807) is 55.5 Å². The van der Waals surface area contributed by atoms with Crippen LogP contribution in [0.2, 0.25) is 0 Å². The van der Waals surface area contributed by atoms with E-state index >= 15 is 0 Å². The van der Waals surface area contributed by atoms with Crippen LogP contribution in [0.15, 0.2) is 133 Å². The summed E-state index contributed by atoms with van der Waals surface area (Å²) in [5, 5.41) is 31.6. The van der Waals surface area contributed by atoms with Crippen molar-refractivity contribution in [3.63, 3.8) is 0 Å². The van der Waals surface area contributed by atoms with Crippen LogP contribution < -0.4 is 11.1 Å². The minimum atomic E-state index is -4.59. The lowest BCUT2D eigenvalue weighted by atomic mass is 10.1. The van der Waals surface area contributed by atoms with Crippen molar-refractivity contribution in [1.82, 2.24) is 0 Å². The zero-order valence-corrected chi connectivity index (χ0v) is 27.5. The first-order valence-electron chi connectivity index (χ1n) is 14.6. The van der Waals surface area contributed by atoms with E-state index in [0.717, 1.165) is 6.07 Å². The van der Waals surface area contributed by atoms with Crippen molar-refractivity contribution in [1.29, 1.82) is 0 Å². The number of phenols is 1. The van der Waals surface area contributed by atoms with Gasteiger partial charge in [-0.05, 0) is 109 Å². The van der Waals surface area contributed by atoms with E-state index in [9.17, 15) is 35.8 Å². The van der Waals surface area contributed by atoms with Crippen LogP contribution in [0, 0.1) is 6.92 Å². The molecule has 0 heterocycles. The van der Waals surface area contributed by atoms with Gasteiger partial charge >= 0.3 is 0 Å². The number of hydrogen-bond acceptors (Lipinski definition) is 11. The zero-order valence-electron chi connectivity index (χ0n) is 25.9. The average Bonchev–Trinajstić information content (AvgIpc) is 3.06. The average molecular weight is 711 g/mol. The van der Waals surface area contributed by atoms with Crippen molar-refractivity contribution in [3.05, 3.63) is 114 Å². The van der Waals surface area contributed by atoms with Crippen molar-refractivity contribution in [2.45, 2.75) is 16.7 Å². The molecule has 0 radical (unpaired) electrons. The summed E-state index contributed by atoms with van der Waals surface area (Å²) < 4.78 is 66.4. The molecule has 0 spiro atoms. The molecule has 14 nitrogen and oxygen atoms in total. The van der Waals surface area contributed by atoms with Crippen molar-refractivity contribution in [2.24, 2.45) is 20.5 Å². The highest BCUT2D eigenvalue weighted by Crippen LogP contribution is 2.38. The Morgan fingerprint density at radius 2 is 1.26 bits per heavy atom. The van der Waals surface area contributed by atoms with Crippen LogP contribution in [-0.4, -0.2) is 37.0 Å². The highest BCUT2D eigenvalue weighted by Gasteiger charge is 2.16. The van der Waals surface area contributed by atoms with Gasteiger partial charge in [-0.1, -0.05) is 6.07 Å². The molecule has 0 saturated heterocycles. The Morgan fingerprint density at radius 3 is 1.94 bits per heavy atom. The molecule has 0 fully saturated rings. The number of hydrogen-bond donors (Lipinski definition) is 5. The van der Waals surface area contributed by atoms with Crippen molar-refractivity contribution < 1.29 is 35.8 Å². The second-order valence-electron chi connectivity index (χ2n) is 11.1.